The minimum Gasteiger partial charge on any atom is -0.301 e. The first kappa shape index (κ1) is 10.3. The van der Waals surface area contributed by atoms with E-state index in [1.165, 1.54) is 24.1 Å². The molecular formula is C14H15N3. The van der Waals surface area contributed by atoms with Gasteiger partial charge < -0.3 is 4.40 Å². The van der Waals surface area contributed by atoms with Gasteiger partial charge in [0.15, 0.2) is 0 Å². The van der Waals surface area contributed by atoms with Crippen LogP contribution in [-0.2, 0) is 12.8 Å². The Bertz CT molecular complexity index is 644. The van der Waals surface area contributed by atoms with E-state index in [1.807, 2.05) is 19.9 Å². The summed E-state index contributed by atoms with van der Waals surface area (Å²) < 4.78 is 2.18. The van der Waals surface area contributed by atoms with Crippen molar-refractivity contribution in [1.29, 1.82) is 5.26 Å². The van der Waals surface area contributed by atoms with Gasteiger partial charge in [-0.3, -0.25) is 0 Å². The first-order valence-electron chi connectivity index (χ1n) is 6.13. The molecule has 0 N–H and O–H groups in total. The summed E-state index contributed by atoms with van der Waals surface area (Å²) in [6, 6.07) is 4.42. The largest absolute Gasteiger partial charge is 0.301 e. The number of aryl methyl sites for hydroxylation is 3. The van der Waals surface area contributed by atoms with Crippen LogP contribution in [0.25, 0.3) is 5.52 Å². The minimum absolute atomic E-state index is 0.869. The Hall–Kier alpha value is -1.82. The van der Waals surface area contributed by atoms with E-state index in [-0.39, 0.29) is 0 Å². The Morgan fingerprint density at radius 2 is 2.06 bits per heavy atom. The zero-order valence-electron chi connectivity index (χ0n) is 10.2. The number of hydrogen-bond acceptors (Lipinski definition) is 2. The normalized spacial score (nSPS) is 14.6. The predicted molar refractivity (Wildman–Crippen MR) is 66.0 cm³/mol. The van der Waals surface area contributed by atoms with Crippen LogP contribution in [0.1, 0.15) is 41.2 Å². The maximum atomic E-state index is 9.38. The van der Waals surface area contributed by atoms with Gasteiger partial charge in [-0.25, -0.2) is 4.98 Å². The zero-order chi connectivity index (χ0) is 12.0. The third-order valence-corrected chi connectivity index (χ3v) is 3.63. The molecule has 0 aliphatic heterocycles. The molecule has 0 spiro atoms. The highest BCUT2D eigenvalue weighted by atomic mass is 15.0. The average molecular weight is 225 g/mol. The highest BCUT2D eigenvalue weighted by Gasteiger charge is 2.22. The van der Waals surface area contributed by atoms with Gasteiger partial charge in [0.1, 0.15) is 11.9 Å². The Labute approximate surface area is 101 Å². The third-order valence-electron chi connectivity index (χ3n) is 3.63. The van der Waals surface area contributed by atoms with E-state index in [0.29, 0.717) is 0 Å². The maximum Gasteiger partial charge on any atom is 0.110 e. The highest BCUT2D eigenvalue weighted by molar-refractivity contribution is 5.68. The monoisotopic (exact) mass is 225 g/mol. The molecule has 0 fully saturated rings. The van der Waals surface area contributed by atoms with Crippen molar-refractivity contribution < 1.29 is 0 Å². The first-order chi connectivity index (χ1) is 8.22. The van der Waals surface area contributed by atoms with Crippen molar-refractivity contribution in [1.82, 2.24) is 9.38 Å². The fraction of sp³-hybridized carbons (Fsp3) is 0.429. The van der Waals surface area contributed by atoms with Crippen molar-refractivity contribution in [2.45, 2.75) is 39.5 Å². The van der Waals surface area contributed by atoms with Crippen LogP contribution in [0.15, 0.2) is 6.07 Å². The molecule has 3 nitrogen and oxygen atoms in total. The molecule has 86 valence electrons. The molecule has 3 heteroatoms. The number of nitrogens with zero attached hydrogens (tertiary/aromatic N) is 3. The van der Waals surface area contributed by atoms with Crippen LogP contribution in [0.3, 0.4) is 0 Å². The maximum absolute atomic E-state index is 9.38. The molecule has 3 rings (SSSR count). The van der Waals surface area contributed by atoms with Gasteiger partial charge in [-0.05, 0) is 51.2 Å². The SMILES string of the molecule is Cc1cc2c(C#N)c3c(n2c(C)n1)CCCC3. The number of fused-ring (bicyclic) bond motifs is 3. The predicted octanol–water partition coefficient (Wildman–Crippen LogP) is 2.70. The van der Waals surface area contributed by atoms with Crippen LogP contribution in [0.2, 0.25) is 0 Å². The molecule has 0 atom stereocenters. The van der Waals surface area contributed by atoms with Crippen molar-refractivity contribution in [3.8, 4) is 6.07 Å². The molecule has 2 aromatic rings. The molecule has 0 unspecified atom stereocenters. The summed E-state index contributed by atoms with van der Waals surface area (Å²) in [6.45, 7) is 4.01. The molecule has 0 saturated heterocycles. The Balaban J connectivity index is 2.48. The molecule has 1 aliphatic rings. The average Bonchev–Trinajstić information content (AvgIpc) is 2.62. The number of rotatable bonds is 0. The summed E-state index contributed by atoms with van der Waals surface area (Å²) in [4.78, 5) is 4.51. The minimum atomic E-state index is 0.869. The smallest absolute Gasteiger partial charge is 0.110 e. The lowest BCUT2D eigenvalue weighted by atomic mass is 9.95. The van der Waals surface area contributed by atoms with E-state index in [2.05, 4.69) is 15.5 Å². The van der Waals surface area contributed by atoms with Crippen LogP contribution >= 0.6 is 0 Å². The van der Waals surface area contributed by atoms with Crippen molar-refractivity contribution in [3.05, 3.63) is 34.4 Å². The second-order valence-electron chi connectivity index (χ2n) is 4.78. The zero-order valence-corrected chi connectivity index (χ0v) is 10.2. The summed E-state index contributed by atoms with van der Waals surface area (Å²) in [5.74, 6) is 1.000. The molecule has 2 heterocycles. The third kappa shape index (κ3) is 1.37. The van der Waals surface area contributed by atoms with Gasteiger partial charge in [0, 0.05) is 11.4 Å². The van der Waals surface area contributed by atoms with Crippen molar-refractivity contribution in [3.63, 3.8) is 0 Å². The van der Waals surface area contributed by atoms with E-state index in [1.54, 1.807) is 0 Å². The van der Waals surface area contributed by atoms with Crippen molar-refractivity contribution >= 4 is 5.52 Å². The molecule has 0 aromatic carbocycles. The van der Waals surface area contributed by atoms with Crippen LogP contribution < -0.4 is 0 Å². The lowest BCUT2D eigenvalue weighted by Crippen LogP contribution is -2.06. The van der Waals surface area contributed by atoms with E-state index in [0.717, 1.165) is 35.4 Å². The topological polar surface area (TPSA) is 41.1 Å². The van der Waals surface area contributed by atoms with Crippen LogP contribution in [0, 0.1) is 25.2 Å². The number of aromatic nitrogens is 2. The molecule has 1 aliphatic carbocycles. The van der Waals surface area contributed by atoms with Gasteiger partial charge in [0.25, 0.3) is 0 Å². The molecule has 17 heavy (non-hydrogen) atoms. The summed E-state index contributed by atoms with van der Waals surface area (Å²) in [7, 11) is 0. The highest BCUT2D eigenvalue weighted by Crippen LogP contribution is 2.30. The van der Waals surface area contributed by atoms with E-state index in [9.17, 15) is 5.26 Å². The van der Waals surface area contributed by atoms with Crippen molar-refractivity contribution in [2.24, 2.45) is 0 Å². The molecule has 0 radical (unpaired) electrons. The molecule has 0 amide bonds. The fourth-order valence-corrected chi connectivity index (χ4v) is 2.98. The Morgan fingerprint density at radius 3 is 2.82 bits per heavy atom. The van der Waals surface area contributed by atoms with Gasteiger partial charge >= 0.3 is 0 Å². The van der Waals surface area contributed by atoms with Gasteiger partial charge in [0.05, 0.1) is 11.1 Å². The number of hydrogen-bond donors (Lipinski definition) is 0. The Kier molecular flexibility index (Phi) is 2.19. The van der Waals surface area contributed by atoms with Gasteiger partial charge in [-0.2, -0.15) is 5.26 Å². The molecule has 0 bridgehead atoms. The lowest BCUT2D eigenvalue weighted by molar-refractivity contribution is 0.663. The van der Waals surface area contributed by atoms with E-state index < -0.39 is 0 Å². The standard InChI is InChI=1S/C14H15N3/c1-9-7-14-12(8-15)11-5-3-4-6-13(11)17(14)10(2)16-9/h7H,3-6H2,1-2H3. The van der Waals surface area contributed by atoms with Gasteiger partial charge in [0.2, 0.25) is 0 Å². The summed E-state index contributed by atoms with van der Waals surface area (Å²) >= 11 is 0. The Morgan fingerprint density at radius 1 is 1.29 bits per heavy atom. The van der Waals surface area contributed by atoms with Crippen LogP contribution in [-0.4, -0.2) is 9.38 Å². The lowest BCUT2D eigenvalue weighted by Gasteiger charge is -2.13. The molecule has 0 saturated carbocycles. The van der Waals surface area contributed by atoms with Crippen LogP contribution in [0.4, 0.5) is 0 Å². The first-order valence-corrected chi connectivity index (χ1v) is 6.13. The second kappa shape index (κ2) is 3.59. The van der Waals surface area contributed by atoms with Crippen LogP contribution in [0.5, 0.6) is 0 Å². The summed E-state index contributed by atoms with van der Waals surface area (Å²) in [5, 5.41) is 9.38. The van der Waals surface area contributed by atoms with Crippen molar-refractivity contribution in [2.75, 3.05) is 0 Å². The second-order valence-corrected chi connectivity index (χ2v) is 4.78. The molecular weight excluding hydrogens is 210 g/mol. The van der Waals surface area contributed by atoms with E-state index in [4.69, 9.17) is 0 Å². The van der Waals surface area contributed by atoms with Gasteiger partial charge in [-0.1, -0.05) is 0 Å². The van der Waals surface area contributed by atoms with Gasteiger partial charge in [-0.15, -0.1) is 0 Å². The quantitative estimate of drug-likeness (QED) is 0.691. The molecule has 2 aromatic heterocycles. The summed E-state index contributed by atoms with van der Waals surface area (Å²) in [5.41, 5.74) is 5.47. The number of nitriles is 1. The van der Waals surface area contributed by atoms with E-state index >= 15 is 0 Å². The fourth-order valence-electron chi connectivity index (χ4n) is 2.98. The summed E-state index contributed by atoms with van der Waals surface area (Å²) in [6.07, 6.45) is 4.53.